The van der Waals surface area contributed by atoms with Crippen molar-refractivity contribution >= 4 is 29.7 Å². The molecule has 0 fully saturated rings. The fourth-order valence-corrected chi connectivity index (χ4v) is 2.56. The Morgan fingerprint density at radius 2 is 1.56 bits per heavy atom. The maximum Gasteiger partial charge on any atom is 0.408 e. The van der Waals surface area contributed by atoms with Crippen LogP contribution in [0.3, 0.4) is 0 Å². The number of alkyl carbamates (subject to hydrolysis) is 1. The van der Waals surface area contributed by atoms with Crippen LogP contribution in [-0.4, -0.2) is 54.9 Å². The normalized spacial score (nSPS) is 12.2. The Balaban J connectivity index is 2.54. The maximum atomic E-state index is 12.6. The highest BCUT2D eigenvalue weighted by Gasteiger charge is 2.26. The van der Waals surface area contributed by atoms with Gasteiger partial charge in [-0.3, -0.25) is 19.2 Å². The monoisotopic (exact) mass is 449 g/mol. The number of hydrogen-bond acceptors (Lipinski definition) is 6. The van der Waals surface area contributed by atoms with Crippen LogP contribution >= 0.6 is 0 Å². The first-order chi connectivity index (χ1) is 15.1. The molecular weight excluding hydrogens is 418 g/mol. The lowest BCUT2D eigenvalue weighted by Crippen LogP contribution is -2.54. The van der Waals surface area contributed by atoms with Crippen molar-refractivity contribution in [2.75, 3.05) is 13.1 Å². The molecular formula is C21H31N5O6. The van der Waals surface area contributed by atoms with E-state index in [0.29, 0.717) is 6.42 Å². The second-order valence-electron chi connectivity index (χ2n) is 7.58. The van der Waals surface area contributed by atoms with Crippen molar-refractivity contribution in [2.45, 2.75) is 45.9 Å². The molecule has 0 aromatic heterocycles. The molecule has 1 aromatic carbocycles. The summed E-state index contributed by atoms with van der Waals surface area (Å²) in [6.07, 6.45) is -0.422. The van der Waals surface area contributed by atoms with Gasteiger partial charge in [-0.1, -0.05) is 44.2 Å². The number of amides is 5. The molecule has 0 radical (unpaired) electrons. The molecule has 1 aromatic rings. The number of nitrogens with two attached hydrogens (primary N) is 1. The molecule has 0 spiro atoms. The number of ether oxygens (including phenoxy) is 1. The minimum Gasteiger partial charge on any atom is -0.445 e. The molecule has 2 atom stereocenters. The molecule has 11 heteroatoms. The van der Waals surface area contributed by atoms with Crippen LogP contribution in [0.5, 0.6) is 0 Å². The molecule has 11 nitrogen and oxygen atoms in total. The third-order valence-corrected chi connectivity index (χ3v) is 4.16. The summed E-state index contributed by atoms with van der Waals surface area (Å²) in [5.74, 6) is -2.40. The third kappa shape index (κ3) is 11.0. The van der Waals surface area contributed by atoms with Gasteiger partial charge in [0.15, 0.2) is 0 Å². The highest BCUT2D eigenvalue weighted by molar-refractivity contribution is 5.93. The van der Waals surface area contributed by atoms with Gasteiger partial charge in [0.25, 0.3) is 0 Å². The number of primary amides is 1. The van der Waals surface area contributed by atoms with Crippen LogP contribution in [0.1, 0.15) is 32.8 Å². The predicted octanol–water partition coefficient (Wildman–Crippen LogP) is -0.450. The standard InChI is InChI=1S/C21H31N5O6/c1-13(2)9-16(26-21(31)32-12-15-7-5-4-6-8-15)20(30)25-14(3)19(29)24-11-18(28)23-10-17(22)27/h4-8,13-14,16H,9-12H2,1-3H3,(H2,22,27)(H,23,28)(H,24,29)(H,25,30)(H,26,31)/t14-,16-/m0/s1. The van der Waals surface area contributed by atoms with E-state index in [1.807, 2.05) is 32.0 Å². The Kier molecular flexibility index (Phi) is 11.2. The van der Waals surface area contributed by atoms with Gasteiger partial charge < -0.3 is 31.7 Å². The number of carbonyl (C=O) groups is 5. The smallest absolute Gasteiger partial charge is 0.408 e. The number of hydrogen-bond donors (Lipinski definition) is 5. The van der Waals surface area contributed by atoms with E-state index in [-0.39, 0.29) is 25.6 Å². The molecule has 0 saturated carbocycles. The van der Waals surface area contributed by atoms with Crippen molar-refractivity contribution in [1.29, 1.82) is 0 Å². The highest BCUT2D eigenvalue weighted by Crippen LogP contribution is 2.07. The van der Waals surface area contributed by atoms with Crippen molar-refractivity contribution in [2.24, 2.45) is 11.7 Å². The van der Waals surface area contributed by atoms with Crippen molar-refractivity contribution in [3.8, 4) is 0 Å². The Morgan fingerprint density at radius 1 is 0.906 bits per heavy atom. The molecule has 0 saturated heterocycles. The van der Waals surface area contributed by atoms with E-state index in [9.17, 15) is 24.0 Å². The molecule has 0 aliphatic carbocycles. The lowest BCUT2D eigenvalue weighted by molar-refractivity contribution is -0.131. The van der Waals surface area contributed by atoms with Crippen molar-refractivity contribution in [3.05, 3.63) is 35.9 Å². The first-order valence-corrected chi connectivity index (χ1v) is 10.2. The van der Waals surface area contributed by atoms with Crippen LogP contribution in [-0.2, 0) is 30.5 Å². The number of rotatable bonds is 12. The number of benzene rings is 1. The zero-order valence-electron chi connectivity index (χ0n) is 18.5. The second kappa shape index (κ2) is 13.6. The average molecular weight is 450 g/mol. The first-order valence-electron chi connectivity index (χ1n) is 10.2. The summed E-state index contributed by atoms with van der Waals surface area (Å²) in [4.78, 5) is 59.1. The van der Waals surface area contributed by atoms with Crippen molar-refractivity contribution < 1.29 is 28.7 Å². The van der Waals surface area contributed by atoms with Crippen molar-refractivity contribution in [1.82, 2.24) is 21.3 Å². The van der Waals surface area contributed by atoms with Crippen LogP contribution in [0, 0.1) is 5.92 Å². The van der Waals surface area contributed by atoms with E-state index in [1.165, 1.54) is 6.92 Å². The quantitative estimate of drug-likeness (QED) is 0.289. The summed E-state index contributed by atoms with van der Waals surface area (Å²) in [5.41, 5.74) is 5.72. The fraction of sp³-hybridized carbons (Fsp3) is 0.476. The summed E-state index contributed by atoms with van der Waals surface area (Å²) >= 11 is 0. The van der Waals surface area contributed by atoms with Gasteiger partial charge in [0.05, 0.1) is 13.1 Å². The van der Waals surface area contributed by atoms with Gasteiger partial charge >= 0.3 is 6.09 Å². The van der Waals surface area contributed by atoms with Crippen LogP contribution in [0.4, 0.5) is 4.79 Å². The third-order valence-electron chi connectivity index (χ3n) is 4.16. The van der Waals surface area contributed by atoms with Gasteiger partial charge in [-0.2, -0.15) is 0 Å². The van der Waals surface area contributed by atoms with E-state index in [4.69, 9.17) is 10.5 Å². The van der Waals surface area contributed by atoms with E-state index in [2.05, 4.69) is 21.3 Å². The van der Waals surface area contributed by atoms with Gasteiger partial charge in [0.2, 0.25) is 23.6 Å². The Labute approximate surface area is 186 Å². The minimum absolute atomic E-state index is 0.0549. The zero-order chi connectivity index (χ0) is 24.1. The van der Waals surface area contributed by atoms with E-state index >= 15 is 0 Å². The molecule has 0 heterocycles. The van der Waals surface area contributed by atoms with Gasteiger partial charge in [0, 0.05) is 0 Å². The Bertz CT molecular complexity index is 799. The second-order valence-corrected chi connectivity index (χ2v) is 7.58. The summed E-state index contributed by atoms with van der Waals surface area (Å²) in [6, 6.07) is 7.21. The fourth-order valence-electron chi connectivity index (χ4n) is 2.56. The molecule has 0 unspecified atom stereocenters. The number of nitrogens with one attached hydrogen (secondary N) is 4. The summed E-state index contributed by atoms with van der Waals surface area (Å²) in [5, 5.41) is 9.60. The number of carbonyl (C=O) groups excluding carboxylic acids is 5. The van der Waals surface area contributed by atoms with Crippen LogP contribution in [0.25, 0.3) is 0 Å². The maximum absolute atomic E-state index is 12.6. The Hall–Kier alpha value is -3.63. The lowest BCUT2D eigenvalue weighted by atomic mass is 10.0. The minimum atomic E-state index is -0.969. The molecule has 0 bridgehead atoms. The zero-order valence-corrected chi connectivity index (χ0v) is 18.5. The van der Waals surface area contributed by atoms with Crippen LogP contribution < -0.4 is 27.0 Å². The van der Waals surface area contributed by atoms with Gasteiger partial charge in [-0.25, -0.2) is 4.79 Å². The first kappa shape index (κ1) is 26.4. The average Bonchev–Trinajstić information content (AvgIpc) is 2.74. The Morgan fingerprint density at radius 3 is 2.16 bits per heavy atom. The van der Waals surface area contributed by atoms with E-state index in [1.54, 1.807) is 12.1 Å². The van der Waals surface area contributed by atoms with Crippen LogP contribution in [0.15, 0.2) is 30.3 Å². The summed E-state index contributed by atoms with van der Waals surface area (Å²) in [7, 11) is 0. The van der Waals surface area contributed by atoms with Gasteiger partial charge in [0.1, 0.15) is 18.7 Å². The predicted molar refractivity (Wildman–Crippen MR) is 116 cm³/mol. The van der Waals surface area contributed by atoms with Gasteiger partial charge in [-0.15, -0.1) is 0 Å². The molecule has 5 amide bonds. The molecule has 6 N–H and O–H groups in total. The summed E-state index contributed by atoms with van der Waals surface area (Å²) < 4.78 is 5.16. The molecule has 32 heavy (non-hydrogen) atoms. The van der Waals surface area contributed by atoms with Crippen LogP contribution in [0.2, 0.25) is 0 Å². The summed E-state index contributed by atoms with van der Waals surface area (Å²) in [6.45, 7) is 4.54. The topological polar surface area (TPSA) is 169 Å². The molecule has 1 rings (SSSR count). The van der Waals surface area contributed by atoms with E-state index < -0.39 is 41.8 Å². The molecule has 0 aliphatic rings. The highest BCUT2D eigenvalue weighted by atomic mass is 16.5. The molecule has 176 valence electrons. The SMILES string of the molecule is CC(C)C[C@H](NC(=O)OCc1ccccc1)C(=O)N[C@@H](C)C(=O)NCC(=O)NCC(N)=O. The van der Waals surface area contributed by atoms with Crippen molar-refractivity contribution in [3.63, 3.8) is 0 Å². The lowest BCUT2D eigenvalue weighted by Gasteiger charge is -2.22. The van der Waals surface area contributed by atoms with E-state index in [0.717, 1.165) is 5.56 Å². The molecule has 0 aliphatic heterocycles. The largest absolute Gasteiger partial charge is 0.445 e. The van der Waals surface area contributed by atoms with Gasteiger partial charge in [-0.05, 0) is 24.8 Å².